The molecule has 24 heavy (non-hydrogen) atoms. The third-order valence-corrected chi connectivity index (χ3v) is 4.31. The van der Waals surface area contributed by atoms with Crippen molar-refractivity contribution in [3.63, 3.8) is 0 Å². The predicted molar refractivity (Wildman–Crippen MR) is 92.9 cm³/mol. The monoisotopic (exact) mass is 349 g/mol. The Morgan fingerprint density at radius 1 is 1.21 bits per heavy atom. The van der Waals surface area contributed by atoms with E-state index < -0.39 is 0 Å². The molecule has 0 saturated carbocycles. The summed E-state index contributed by atoms with van der Waals surface area (Å²) in [7, 11) is 0. The molecule has 0 bridgehead atoms. The summed E-state index contributed by atoms with van der Waals surface area (Å²) >= 11 is 6.10. The molecule has 1 heterocycles. The molecule has 0 radical (unpaired) electrons. The van der Waals surface area contributed by atoms with Gasteiger partial charge in [0.25, 0.3) is 0 Å². The largest absolute Gasteiger partial charge is 0.488 e. The van der Waals surface area contributed by atoms with Crippen molar-refractivity contribution in [3.05, 3.63) is 64.4 Å². The zero-order valence-electron chi connectivity index (χ0n) is 13.4. The highest BCUT2D eigenvalue weighted by Gasteiger charge is 2.15. The van der Waals surface area contributed by atoms with Gasteiger partial charge in [-0.1, -0.05) is 29.8 Å². The van der Waals surface area contributed by atoms with Crippen molar-refractivity contribution in [1.29, 1.82) is 0 Å². The second kappa shape index (κ2) is 8.47. The van der Waals surface area contributed by atoms with Crippen LogP contribution in [-0.2, 0) is 17.9 Å². The highest BCUT2D eigenvalue weighted by molar-refractivity contribution is 6.30. The fraction of sp³-hybridized carbons (Fsp3) is 0.368. The fourth-order valence-electron chi connectivity index (χ4n) is 2.77. The summed E-state index contributed by atoms with van der Waals surface area (Å²) in [5.74, 6) is 0.451. The van der Waals surface area contributed by atoms with Gasteiger partial charge in [0.2, 0.25) is 0 Å². The maximum atomic E-state index is 13.7. The van der Waals surface area contributed by atoms with Crippen LogP contribution >= 0.6 is 11.6 Å². The van der Waals surface area contributed by atoms with Crippen LogP contribution in [0, 0.1) is 5.82 Å². The maximum Gasteiger partial charge on any atom is 0.129 e. The highest BCUT2D eigenvalue weighted by Crippen LogP contribution is 2.24. The summed E-state index contributed by atoms with van der Waals surface area (Å²) in [6.07, 6.45) is 2.51. The lowest BCUT2D eigenvalue weighted by molar-refractivity contribution is 0.110. The van der Waals surface area contributed by atoms with E-state index in [1.54, 1.807) is 24.3 Å². The van der Waals surface area contributed by atoms with Gasteiger partial charge >= 0.3 is 0 Å². The molecule has 2 aromatic carbocycles. The van der Waals surface area contributed by atoms with Gasteiger partial charge in [-0.25, -0.2) is 4.39 Å². The minimum atomic E-state index is -0.260. The lowest BCUT2D eigenvalue weighted by atomic mass is 10.2. The van der Waals surface area contributed by atoms with Crippen molar-refractivity contribution in [2.75, 3.05) is 13.2 Å². The van der Waals surface area contributed by atoms with Crippen LogP contribution in [0.4, 0.5) is 4.39 Å². The molecule has 5 heteroatoms. The Kier molecular flexibility index (Phi) is 6.07. The molecule has 1 aliphatic rings. The molecule has 1 saturated heterocycles. The quantitative estimate of drug-likeness (QED) is 0.807. The molecule has 1 aliphatic heterocycles. The zero-order valence-corrected chi connectivity index (χ0v) is 14.2. The van der Waals surface area contributed by atoms with Crippen LogP contribution in [0.3, 0.4) is 0 Å². The molecule has 3 nitrogen and oxygen atoms in total. The first-order valence-corrected chi connectivity index (χ1v) is 8.57. The van der Waals surface area contributed by atoms with E-state index in [9.17, 15) is 4.39 Å². The first-order chi connectivity index (χ1) is 11.7. The van der Waals surface area contributed by atoms with Gasteiger partial charge in [0, 0.05) is 35.8 Å². The minimum absolute atomic E-state index is 0.188. The number of hydrogen-bond acceptors (Lipinski definition) is 3. The predicted octanol–water partition coefficient (Wildman–Crippen LogP) is 4.33. The van der Waals surface area contributed by atoms with Gasteiger partial charge in [-0.15, -0.1) is 0 Å². The van der Waals surface area contributed by atoms with Crippen LogP contribution < -0.4 is 10.1 Å². The summed E-state index contributed by atoms with van der Waals surface area (Å²) in [6.45, 7) is 2.47. The topological polar surface area (TPSA) is 30.5 Å². The average Bonchev–Trinajstić information content (AvgIpc) is 3.09. The van der Waals surface area contributed by atoms with Crippen molar-refractivity contribution < 1.29 is 13.9 Å². The normalized spacial score (nSPS) is 17.2. The number of nitrogens with one attached hydrogen (secondary N) is 1. The smallest absolute Gasteiger partial charge is 0.129 e. The Morgan fingerprint density at radius 3 is 2.88 bits per heavy atom. The number of halogens is 2. The van der Waals surface area contributed by atoms with Crippen LogP contribution in [0.15, 0.2) is 42.5 Å². The van der Waals surface area contributed by atoms with E-state index in [4.69, 9.17) is 21.1 Å². The molecule has 0 unspecified atom stereocenters. The summed E-state index contributed by atoms with van der Waals surface area (Å²) in [5.41, 5.74) is 1.49. The van der Waals surface area contributed by atoms with Gasteiger partial charge < -0.3 is 14.8 Å². The standard InChI is InChI=1S/C19H21ClFNO2/c20-16-7-8-19(24-13-14-4-1-2-6-18(14)21)15(10-16)11-22-12-17-5-3-9-23-17/h1-2,4,6-8,10,17,22H,3,5,9,11-13H2/t17-/m1/s1. The lowest BCUT2D eigenvalue weighted by Crippen LogP contribution is -2.26. The summed E-state index contributed by atoms with van der Waals surface area (Å²) in [5, 5.41) is 4.04. The van der Waals surface area contributed by atoms with E-state index in [-0.39, 0.29) is 18.5 Å². The van der Waals surface area contributed by atoms with Crippen LogP contribution in [0.1, 0.15) is 24.0 Å². The molecule has 1 atom stereocenters. The van der Waals surface area contributed by atoms with Gasteiger partial charge in [-0.2, -0.15) is 0 Å². The van der Waals surface area contributed by atoms with E-state index in [0.29, 0.717) is 22.9 Å². The van der Waals surface area contributed by atoms with Crippen molar-refractivity contribution in [2.45, 2.75) is 32.1 Å². The van der Waals surface area contributed by atoms with Crippen molar-refractivity contribution in [3.8, 4) is 5.75 Å². The van der Waals surface area contributed by atoms with Crippen molar-refractivity contribution in [1.82, 2.24) is 5.32 Å². The number of rotatable bonds is 7. The molecule has 3 rings (SSSR count). The Morgan fingerprint density at radius 2 is 2.08 bits per heavy atom. The van der Waals surface area contributed by atoms with E-state index in [0.717, 1.165) is 31.6 Å². The number of benzene rings is 2. The van der Waals surface area contributed by atoms with Crippen LogP contribution in [-0.4, -0.2) is 19.3 Å². The molecule has 128 valence electrons. The second-order valence-electron chi connectivity index (χ2n) is 5.90. The van der Waals surface area contributed by atoms with E-state index in [1.807, 2.05) is 12.1 Å². The zero-order chi connectivity index (χ0) is 16.8. The highest BCUT2D eigenvalue weighted by atomic mass is 35.5. The molecule has 0 spiro atoms. The van der Waals surface area contributed by atoms with Gasteiger partial charge in [-0.3, -0.25) is 0 Å². The Bertz CT molecular complexity index is 674. The molecule has 0 aromatic heterocycles. The molecule has 2 aromatic rings. The summed E-state index contributed by atoms with van der Waals surface area (Å²) in [4.78, 5) is 0. The van der Waals surface area contributed by atoms with Crippen LogP contribution in [0.25, 0.3) is 0 Å². The van der Waals surface area contributed by atoms with Gasteiger partial charge in [0.15, 0.2) is 0 Å². The molecule has 1 fully saturated rings. The molecule has 0 amide bonds. The van der Waals surface area contributed by atoms with Gasteiger partial charge in [0.1, 0.15) is 18.2 Å². The van der Waals surface area contributed by atoms with Gasteiger partial charge in [0.05, 0.1) is 6.10 Å². The molecular formula is C19H21ClFNO2. The lowest BCUT2D eigenvalue weighted by Gasteiger charge is -2.15. The van der Waals surface area contributed by atoms with E-state index in [1.165, 1.54) is 6.07 Å². The van der Waals surface area contributed by atoms with Gasteiger partial charge in [-0.05, 0) is 37.1 Å². The van der Waals surface area contributed by atoms with Crippen molar-refractivity contribution in [2.24, 2.45) is 0 Å². The Hall–Kier alpha value is -1.62. The molecular weight excluding hydrogens is 329 g/mol. The Balaban J connectivity index is 1.60. The SMILES string of the molecule is Fc1ccccc1COc1ccc(Cl)cc1CNC[C@H]1CCCO1. The average molecular weight is 350 g/mol. The first kappa shape index (κ1) is 17.2. The third-order valence-electron chi connectivity index (χ3n) is 4.07. The molecule has 0 aliphatic carbocycles. The van der Waals surface area contributed by atoms with Crippen LogP contribution in [0.5, 0.6) is 5.75 Å². The van der Waals surface area contributed by atoms with E-state index in [2.05, 4.69) is 5.32 Å². The Labute approximate surface area is 146 Å². The second-order valence-corrected chi connectivity index (χ2v) is 6.33. The molecule has 1 N–H and O–H groups in total. The van der Waals surface area contributed by atoms with Crippen LogP contribution in [0.2, 0.25) is 5.02 Å². The summed E-state index contributed by atoms with van der Waals surface area (Å²) < 4.78 is 25.1. The number of hydrogen-bond donors (Lipinski definition) is 1. The first-order valence-electron chi connectivity index (χ1n) is 8.19. The van der Waals surface area contributed by atoms with E-state index >= 15 is 0 Å². The summed E-state index contributed by atoms with van der Waals surface area (Å²) in [6, 6.07) is 12.1. The number of ether oxygens (including phenoxy) is 2. The fourth-order valence-corrected chi connectivity index (χ4v) is 2.97. The third kappa shape index (κ3) is 4.69. The maximum absolute atomic E-state index is 13.7. The minimum Gasteiger partial charge on any atom is -0.488 e. The van der Waals surface area contributed by atoms with Crippen molar-refractivity contribution >= 4 is 11.6 Å².